The average molecular weight is 185 g/mol. The Hall–Kier alpha value is -1.37. The molecule has 1 nitrogen and oxygen atoms in total. The van der Waals surface area contributed by atoms with E-state index in [0.717, 1.165) is 5.52 Å². The number of aromatic nitrogens is 1. The third-order valence-electron chi connectivity index (χ3n) is 2.52. The van der Waals surface area contributed by atoms with Gasteiger partial charge in [0.15, 0.2) is 0 Å². The highest BCUT2D eigenvalue weighted by atomic mass is 14.6. The molecule has 14 heavy (non-hydrogen) atoms. The largest absolute Gasteiger partial charge is 0.256 e. The molecular formula is C13H15N. The van der Waals surface area contributed by atoms with Crippen LogP contribution in [0.1, 0.15) is 30.9 Å². The second kappa shape index (κ2) is 3.41. The lowest BCUT2D eigenvalue weighted by Gasteiger charge is -2.09. The normalized spacial score (nSPS) is 11.1. The minimum Gasteiger partial charge on any atom is -0.256 e. The first-order chi connectivity index (χ1) is 6.68. The monoisotopic (exact) mass is 185 g/mol. The molecule has 72 valence electrons. The number of nitrogens with zero attached hydrogens (tertiary/aromatic N) is 1. The van der Waals surface area contributed by atoms with Crippen LogP contribution in [0.15, 0.2) is 30.5 Å². The first-order valence-corrected chi connectivity index (χ1v) is 5.04. The Morgan fingerprint density at radius 1 is 1.21 bits per heavy atom. The maximum absolute atomic E-state index is 4.42. The molecule has 0 aliphatic rings. The molecule has 2 rings (SSSR count). The maximum Gasteiger partial charge on any atom is 0.0705 e. The molecule has 0 unspecified atom stereocenters. The molecular weight excluding hydrogens is 170 g/mol. The van der Waals surface area contributed by atoms with Crippen molar-refractivity contribution < 1.29 is 0 Å². The maximum atomic E-state index is 4.42. The smallest absolute Gasteiger partial charge is 0.0705 e. The van der Waals surface area contributed by atoms with Gasteiger partial charge in [0.1, 0.15) is 0 Å². The molecule has 0 bridgehead atoms. The summed E-state index contributed by atoms with van der Waals surface area (Å²) in [7, 11) is 0. The molecule has 0 fully saturated rings. The van der Waals surface area contributed by atoms with E-state index in [1.54, 1.807) is 0 Å². The Kier molecular flexibility index (Phi) is 2.24. The van der Waals surface area contributed by atoms with Gasteiger partial charge in [-0.25, -0.2) is 0 Å². The number of benzene rings is 1. The van der Waals surface area contributed by atoms with E-state index in [-0.39, 0.29) is 0 Å². The summed E-state index contributed by atoms with van der Waals surface area (Å²) in [5.41, 5.74) is 3.71. The van der Waals surface area contributed by atoms with Gasteiger partial charge in [-0.05, 0) is 36.1 Å². The van der Waals surface area contributed by atoms with Crippen molar-refractivity contribution >= 4 is 10.9 Å². The van der Waals surface area contributed by atoms with Gasteiger partial charge < -0.3 is 0 Å². The van der Waals surface area contributed by atoms with Gasteiger partial charge in [-0.3, -0.25) is 4.98 Å². The van der Waals surface area contributed by atoms with Gasteiger partial charge in [0.25, 0.3) is 0 Å². The number of hydrogen-bond acceptors (Lipinski definition) is 1. The van der Waals surface area contributed by atoms with Gasteiger partial charge in [0.2, 0.25) is 0 Å². The Balaban J connectivity index is 2.77. The SMILES string of the molecule is Cc1cnc2cccc(C(C)C)c2c1. The summed E-state index contributed by atoms with van der Waals surface area (Å²) in [6, 6.07) is 8.56. The van der Waals surface area contributed by atoms with Gasteiger partial charge in [-0.15, -0.1) is 0 Å². The predicted molar refractivity (Wildman–Crippen MR) is 60.6 cm³/mol. The summed E-state index contributed by atoms with van der Waals surface area (Å²) in [5.74, 6) is 0.558. The number of hydrogen-bond donors (Lipinski definition) is 0. The van der Waals surface area contributed by atoms with Crippen LogP contribution < -0.4 is 0 Å². The molecule has 0 saturated carbocycles. The molecule has 1 aromatic carbocycles. The Morgan fingerprint density at radius 2 is 2.00 bits per heavy atom. The van der Waals surface area contributed by atoms with Crippen molar-refractivity contribution in [1.29, 1.82) is 0 Å². The summed E-state index contributed by atoms with van der Waals surface area (Å²) < 4.78 is 0. The fraction of sp³-hybridized carbons (Fsp3) is 0.308. The first kappa shape index (κ1) is 9.20. The van der Waals surface area contributed by atoms with Crippen molar-refractivity contribution in [2.75, 3.05) is 0 Å². The molecule has 0 saturated heterocycles. The van der Waals surface area contributed by atoms with E-state index >= 15 is 0 Å². The van der Waals surface area contributed by atoms with Crippen molar-refractivity contribution in [2.24, 2.45) is 0 Å². The zero-order valence-corrected chi connectivity index (χ0v) is 8.91. The van der Waals surface area contributed by atoms with Crippen molar-refractivity contribution in [2.45, 2.75) is 26.7 Å². The van der Waals surface area contributed by atoms with E-state index in [2.05, 4.69) is 50.0 Å². The van der Waals surface area contributed by atoms with Crippen molar-refractivity contribution in [3.8, 4) is 0 Å². The molecule has 0 spiro atoms. The molecule has 0 amide bonds. The Labute approximate surface area is 84.8 Å². The molecule has 2 aromatic rings. The lowest BCUT2D eigenvalue weighted by Crippen LogP contribution is -1.91. The van der Waals surface area contributed by atoms with Crippen LogP contribution in [0.5, 0.6) is 0 Å². The molecule has 0 atom stereocenters. The number of fused-ring (bicyclic) bond motifs is 1. The van der Waals surface area contributed by atoms with Crippen LogP contribution >= 0.6 is 0 Å². The number of aryl methyl sites for hydroxylation is 1. The summed E-state index contributed by atoms with van der Waals surface area (Å²) in [5, 5.41) is 1.29. The molecule has 1 aromatic heterocycles. The van der Waals surface area contributed by atoms with Crippen LogP contribution in [0.4, 0.5) is 0 Å². The topological polar surface area (TPSA) is 12.9 Å². The lowest BCUT2D eigenvalue weighted by atomic mass is 9.98. The summed E-state index contributed by atoms with van der Waals surface area (Å²) >= 11 is 0. The molecule has 0 radical (unpaired) electrons. The van der Waals surface area contributed by atoms with Crippen molar-refractivity contribution in [3.05, 3.63) is 41.6 Å². The van der Waals surface area contributed by atoms with E-state index in [0.29, 0.717) is 5.92 Å². The molecule has 1 heterocycles. The van der Waals surface area contributed by atoms with E-state index < -0.39 is 0 Å². The second-order valence-electron chi connectivity index (χ2n) is 4.08. The third-order valence-corrected chi connectivity index (χ3v) is 2.52. The van der Waals surface area contributed by atoms with E-state index in [9.17, 15) is 0 Å². The predicted octanol–water partition coefficient (Wildman–Crippen LogP) is 3.67. The Bertz CT molecular complexity index is 458. The van der Waals surface area contributed by atoms with E-state index in [4.69, 9.17) is 0 Å². The average Bonchev–Trinajstić information content (AvgIpc) is 2.16. The van der Waals surface area contributed by atoms with Crippen molar-refractivity contribution in [3.63, 3.8) is 0 Å². The highest BCUT2D eigenvalue weighted by Crippen LogP contribution is 2.24. The highest BCUT2D eigenvalue weighted by Gasteiger charge is 2.04. The zero-order chi connectivity index (χ0) is 10.1. The highest BCUT2D eigenvalue weighted by molar-refractivity contribution is 5.83. The first-order valence-electron chi connectivity index (χ1n) is 5.04. The van der Waals surface area contributed by atoms with Gasteiger partial charge in [-0.1, -0.05) is 26.0 Å². The van der Waals surface area contributed by atoms with Gasteiger partial charge in [0, 0.05) is 11.6 Å². The number of rotatable bonds is 1. The Morgan fingerprint density at radius 3 is 2.71 bits per heavy atom. The van der Waals surface area contributed by atoms with Crippen LogP contribution in [0.25, 0.3) is 10.9 Å². The molecule has 0 N–H and O–H groups in total. The van der Waals surface area contributed by atoms with Crippen LogP contribution in [-0.4, -0.2) is 4.98 Å². The fourth-order valence-electron chi connectivity index (χ4n) is 1.78. The third kappa shape index (κ3) is 1.50. The minimum absolute atomic E-state index is 0.558. The molecule has 0 aliphatic heterocycles. The summed E-state index contributed by atoms with van der Waals surface area (Å²) in [6.07, 6.45) is 1.92. The van der Waals surface area contributed by atoms with Gasteiger partial charge in [0.05, 0.1) is 5.52 Å². The molecule has 0 aliphatic carbocycles. The summed E-state index contributed by atoms with van der Waals surface area (Å²) in [6.45, 7) is 6.53. The fourth-order valence-corrected chi connectivity index (χ4v) is 1.78. The standard InChI is InChI=1S/C13H15N/c1-9(2)11-5-4-6-13-12(11)7-10(3)8-14-13/h4-9H,1-3H3. The van der Waals surface area contributed by atoms with E-state index in [1.807, 2.05) is 6.20 Å². The van der Waals surface area contributed by atoms with Crippen molar-refractivity contribution in [1.82, 2.24) is 4.98 Å². The van der Waals surface area contributed by atoms with Gasteiger partial charge >= 0.3 is 0 Å². The van der Waals surface area contributed by atoms with E-state index in [1.165, 1.54) is 16.5 Å². The van der Waals surface area contributed by atoms with Crippen LogP contribution in [-0.2, 0) is 0 Å². The lowest BCUT2D eigenvalue weighted by molar-refractivity contribution is 0.876. The second-order valence-corrected chi connectivity index (χ2v) is 4.08. The number of pyridine rings is 1. The van der Waals surface area contributed by atoms with Crippen LogP contribution in [0.2, 0.25) is 0 Å². The zero-order valence-electron chi connectivity index (χ0n) is 8.91. The molecule has 1 heteroatoms. The quantitative estimate of drug-likeness (QED) is 0.660. The van der Waals surface area contributed by atoms with Crippen LogP contribution in [0, 0.1) is 6.92 Å². The van der Waals surface area contributed by atoms with Gasteiger partial charge in [-0.2, -0.15) is 0 Å². The minimum atomic E-state index is 0.558. The summed E-state index contributed by atoms with van der Waals surface area (Å²) in [4.78, 5) is 4.42. The van der Waals surface area contributed by atoms with Crippen LogP contribution in [0.3, 0.4) is 0 Å².